The van der Waals surface area contributed by atoms with Gasteiger partial charge in [0.25, 0.3) is 0 Å². The van der Waals surface area contributed by atoms with Crippen molar-refractivity contribution in [1.29, 1.82) is 0 Å². The first-order valence-electron chi connectivity index (χ1n) is 5.31. The molecule has 0 aromatic carbocycles. The van der Waals surface area contributed by atoms with Crippen LogP contribution in [0.5, 0.6) is 0 Å². The molecule has 15 heavy (non-hydrogen) atoms. The SMILES string of the molecule is CCCC1(C(=O)NCC(=O)O)CCNC1. The van der Waals surface area contributed by atoms with Crippen LogP contribution in [0.25, 0.3) is 0 Å². The molecular formula is C10H18N2O3. The van der Waals surface area contributed by atoms with Crippen LogP contribution in [0.3, 0.4) is 0 Å². The maximum atomic E-state index is 11.8. The van der Waals surface area contributed by atoms with E-state index in [1.807, 2.05) is 6.92 Å². The summed E-state index contributed by atoms with van der Waals surface area (Å²) < 4.78 is 0. The fourth-order valence-corrected chi connectivity index (χ4v) is 2.09. The lowest BCUT2D eigenvalue weighted by molar-refractivity contribution is -0.140. The minimum atomic E-state index is -0.999. The molecule has 0 aromatic rings. The lowest BCUT2D eigenvalue weighted by Gasteiger charge is -2.25. The number of carbonyl (C=O) groups is 2. The molecule has 0 aromatic heterocycles. The molecule has 5 heteroatoms. The van der Waals surface area contributed by atoms with Crippen LogP contribution in [0.2, 0.25) is 0 Å². The summed E-state index contributed by atoms with van der Waals surface area (Å²) in [4.78, 5) is 22.2. The van der Waals surface area contributed by atoms with Crippen molar-refractivity contribution in [2.75, 3.05) is 19.6 Å². The van der Waals surface area contributed by atoms with E-state index in [2.05, 4.69) is 10.6 Å². The number of hydrogen-bond acceptors (Lipinski definition) is 3. The second-order valence-corrected chi connectivity index (χ2v) is 4.03. The largest absolute Gasteiger partial charge is 0.480 e. The van der Waals surface area contributed by atoms with Crippen molar-refractivity contribution >= 4 is 11.9 Å². The number of carbonyl (C=O) groups excluding carboxylic acids is 1. The highest BCUT2D eigenvalue weighted by atomic mass is 16.4. The quantitative estimate of drug-likeness (QED) is 0.600. The first kappa shape index (κ1) is 12.0. The summed E-state index contributed by atoms with van der Waals surface area (Å²) in [5, 5.41) is 14.1. The Hall–Kier alpha value is -1.10. The summed E-state index contributed by atoms with van der Waals surface area (Å²) in [5.41, 5.74) is -0.385. The maximum absolute atomic E-state index is 11.8. The molecule has 5 nitrogen and oxygen atoms in total. The Bertz CT molecular complexity index is 247. The van der Waals surface area contributed by atoms with Gasteiger partial charge in [-0.1, -0.05) is 13.3 Å². The van der Waals surface area contributed by atoms with Gasteiger partial charge in [-0.2, -0.15) is 0 Å². The molecule has 1 saturated heterocycles. The summed E-state index contributed by atoms with van der Waals surface area (Å²) in [6, 6.07) is 0. The summed E-state index contributed by atoms with van der Waals surface area (Å²) in [7, 11) is 0. The number of amides is 1. The smallest absolute Gasteiger partial charge is 0.322 e. The number of carboxylic acid groups (broad SMARTS) is 1. The Morgan fingerprint density at radius 2 is 2.27 bits per heavy atom. The molecule has 3 N–H and O–H groups in total. The van der Waals surface area contributed by atoms with E-state index in [-0.39, 0.29) is 17.9 Å². The van der Waals surface area contributed by atoms with E-state index in [1.54, 1.807) is 0 Å². The third-order valence-corrected chi connectivity index (χ3v) is 2.85. The zero-order valence-corrected chi connectivity index (χ0v) is 9.01. The average Bonchev–Trinajstić information content (AvgIpc) is 2.64. The lowest BCUT2D eigenvalue weighted by Crippen LogP contribution is -2.44. The first-order chi connectivity index (χ1) is 7.10. The van der Waals surface area contributed by atoms with Gasteiger partial charge in [0.1, 0.15) is 6.54 Å². The van der Waals surface area contributed by atoms with E-state index in [0.717, 1.165) is 25.8 Å². The van der Waals surface area contributed by atoms with Gasteiger partial charge in [0.2, 0.25) is 5.91 Å². The van der Waals surface area contributed by atoms with Gasteiger partial charge in [-0.25, -0.2) is 0 Å². The van der Waals surface area contributed by atoms with Crippen LogP contribution >= 0.6 is 0 Å². The molecular weight excluding hydrogens is 196 g/mol. The first-order valence-corrected chi connectivity index (χ1v) is 5.31. The van der Waals surface area contributed by atoms with Gasteiger partial charge >= 0.3 is 5.97 Å². The standard InChI is InChI=1S/C10H18N2O3/c1-2-3-10(4-5-11-7-10)9(15)12-6-8(13)14/h11H,2-7H2,1H3,(H,12,15)(H,13,14). The molecule has 1 atom stereocenters. The van der Waals surface area contributed by atoms with Gasteiger partial charge in [-0.3, -0.25) is 9.59 Å². The van der Waals surface area contributed by atoms with Crippen LogP contribution in [0.4, 0.5) is 0 Å². The molecule has 0 bridgehead atoms. The maximum Gasteiger partial charge on any atom is 0.322 e. The van der Waals surface area contributed by atoms with Crippen molar-refractivity contribution in [2.24, 2.45) is 5.41 Å². The van der Waals surface area contributed by atoms with E-state index in [4.69, 9.17) is 5.11 Å². The predicted molar refractivity (Wildman–Crippen MR) is 55.5 cm³/mol. The molecule has 0 radical (unpaired) electrons. The van der Waals surface area contributed by atoms with E-state index < -0.39 is 5.97 Å². The van der Waals surface area contributed by atoms with Crippen molar-refractivity contribution in [2.45, 2.75) is 26.2 Å². The minimum Gasteiger partial charge on any atom is -0.480 e. The van der Waals surface area contributed by atoms with Gasteiger partial charge < -0.3 is 15.7 Å². The fraction of sp³-hybridized carbons (Fsp3) is 0.800. The summed E-state index contributed by atoms with van der Waals surface area (Å²) in [6.45, 7) is 3.24. The van der Waals surface area contributed by atoms with E-state index in [0.29, 0.717) is 6.54 Å². The molecule has 0 saturated carbocycles. The molecule has 1 unspecified atom stereocenters. The van der Waals surface area contributed by atoms with Crippen LogP contribution < -0.4 is 10.6 Å². The monoisotopic (exact) mass is 214 g/mol. The number of rotatable bonds is 5. The number of aliphatic carboxylic acids is 1. The lowest BCUT2D eigenvalue weighted by atomic mass is 9.81. The van der Waals surface area contributed by atoms with Gasteiger partial charge in [0, 0.05) is 6.54 Å². The van der Waals surface area contributed by atoms with E-state index in [1.165, 1.54) is 0 Å². The summed E-state index contributed by atoms with van der Waals surface area (Å²) in [5.74, 6) is -1.13. The predicted octanol–water partition coefficient (Wildman–Crippen LogP) is -0.0330. The zero-order valence-electron chi connectivity index (χ0n) is 9.01. The van der Waals surface area contributed by atoms with Gasteiger partial charge in [0.15, 0.2) is 0 Å². The van der Waals surface area contributed by atoms with Crippen molar-refractivity contribution in [3.05, 3.63) is 0 Å². The highest BCUT2D eigenvalue weighted by Crippen LogP contribution is 2.31. The van der Waals surface area contributed by atoms with Crippen LogP contribution in [-0.4, -0.2) is 36.6 Å². The van der Waals surface area contributed by atoms with E-state index in [9.17, 15) is 9.59 Å². The minimum absolute atomic E-state index is 0.128. The zero-order chi connectivity index (χ0) is 11.3. The van der Waals surface area contributed by atoms with Crippen molar-refractivity contribution in [3.63, 3.8) is 0 Å². The Balaban J connectivity index is 2.55. The normalized spacial score (nSPS) is 25.1. The third kappa shape index (κ3) is 2.92. The highest BCUT2D eigenvalue weighted by molar-refractivity contribution is 5.86. The molecule has 1 heterocycles. The van der Waals surface area contributed by atoms with Crippen LogP contribution in [0.1, 0.15) is 26.2 Å². The fourth-order valence-electron chi connectivity index (χ4n) is 2.09. The molecule has 1 fully saturated rings. The van der Waals surface area contributed by atoms with Gasteiger partial charge in [0.05, 0.1) is 5.41 Å². The molecule has 1 aliphatic heterocycles. The number of nitrogens with one attached hydrogen (secondary N) is 2. The average molecular weight is 214 g/mol. The topological polar surface area (TPSA) is 78.4 Å². The number of hydrogen-bond donors (Lipinski definition) is 3. The Morgan fingerprint density at radius 3 is 2.73 bits per heavy atom. The Kier molecular flexibility index (Phi) is 4.08. The number of carboxylic acids is 1. The van der Waals surface area contributed by atoms with Gasteiger partial charge in [-0.15, -0.1) is 0 Å². The molecule has 1 aliphatic rings. The van der Waals surface area contributed by atoms with Gasteiger partial charge in [-0.05, 0) is 19.4 Å². The van der Waals surface area contributed by atoms with Crippen molar-refractivity contribution in [3.8, 4) is 0 Å². The molecule has 0 spiro atoms. The molecule has 1 amide bonds. The summed E-state index contributed by atoms with van der Waals surface area (Å²) in [6.07, 6.45) is 2.54. The Labute approximate surface area is 89.2 Å². The van der Waals surface area contributed by atoms with Crippen LogP contribution in [0.15, 0.2) is 0 Å². The molecule has 0 aliphatic carbocycles. The second-order valence-electron chi connectivity index (χ2n) is 4.03. The third-order valence-electron chi connectivity index (χ3n) is 2.85. The molecule has 86 valence electrons. The van der Waals surface area contributed by atoms with Crippen LogP contribution in [0, 0.1) is 5.41 Å². The Morgan fingerprint density at radius 1 is 1.53 bits per heavy atom. The van der Waals surface area contributed by atoms with Crippen molar-refractivity contribution in [1.82, 2.24) is 10.6 Å². The highest BCUT2D eigenvalue weighted by Gasteiger charge is 2.40. The summed E-state index contributed by atoms with van der Waals surface area (Å²) >= 11 is 0. The molecule has 1 rings (SSSR count). The second kappa shape index (κ2) is 5.11. The van der Waals surface area contributed by atoms with Crippen molar-refractivity contribution < 1.29 is 14.7 Å². The van der Waals surface area contributed by atoms with E-state index >= 15 is 0 Å². The van der Waals surface area contributed by atoms with Crippen LogP contribution in [-0.2, 0) is 9.59 Å².